The van der Waals surface area contributed by atoms with Crippen LogP contribution in [-0.2, 0) is 4.74 Å². The average Bonchev–Trinajstić information content (AvgIpc) is 2.28. The van der Waals surface area contributed by atoms with Gasteiger partial charge in [0.25, 0.3) is 0 Å². The maximum atomic E-state index is 11.4. The maximum Gasteiger partial charge on any atom is 0.407 e. The molecule has 1 aromatic rings. The van der Waals surface area contributed by atoms with Gasteiger partial charge in [0.15, 0.2) is 0 Å². The van der Waals surface area contributed by atoms with Gasteiger partial charge in [-0.1, -0.05) is 13.8 Å². The van der Waals surface area contributed by atoms with Crippen molar-refractivity contribution < 1.29 is 14.6 Å². The number of benzene rings is 1. The molecule has 106 valence electrons. The van der Waals surface area contributed by atoms with E-state index >= 15 is 0 Å². The van der Waals surface area contributed by atoms with Crippen molar-refractivity contribution in [3.63, 3.8) is 0 Å². The Morgan fingerprint density at radius 2 is 1.89 bits per heavy atom. The van der Waals surface area contributed by atoms with Crippen LogP contribution in [0.4, 0.5) is 4.79 Å². The Morgan fingerprint density at radius 1 is 1.37 bits per heavy atom. The zero-order valence-electron chi connectivity index (χ0n) is 10.4. The molecule has 2 rings (SSSR count). The van der Waals surface area contributed by atoms with Crippen LogP contribution in [-0.4, -0.2) is 17.8 Å². The minimum Gasteiger partial charge on any atom is -0.506 e. The zero-order chi connectivity index (χ0) is 13.5. The summed E-state index contributed by atoms with van der Waals surface area (Å²) < 4.78 is 6.59. The molecule has 0 unspecified atom stereocenters. The van der Waals surface area contributed by atoms with E-state index in [0.717, 1.165) is 12.7 Å². The van der Waals surface area contributed by atoms with E-state index in [9.17, 15) is 9.90 Å². The second kappa shape index (κ2) is 6.21. The molecule has 2 N–H and O–H groups in total. The predicted octanol–water partition coefficient (Wildman–Crippen LogP) is 3.83. The molecule has 1 aliphatic rings. The molecule has 0 saturated carbocycles. The molecule has 1 atom stereocenters. The number of carbonyl (C=O) groups excluding carboxylic acids is 1. The van der Waals surface area contributed by atoms with Crippen LogP contribution in [0.5, 0.6) is 5.75 Å². The van der Waals surface area contributed by atoms with E-state index in [1.165, 1.54) is 0 Å². The van der Waals surface area contributed by atoms with Crippen molar-refractivity contribution in [3.05, 3.63) is 24.8 Å². The number of nitrogens with one attached hydrogen (secondary N) is 1. The molecule has 7 heteroatoms. The molecule has 0 bridgehead atoms. The Balaban J connectivity index is 0.00000180. The highest BCUT2D eigenvalue weighted by Gasteiger charge is 2.38. The number of aromatic hydroxyl groups is 1. The summed E-state index contributed by atoms with van der Waals surface area (Å²) in [6, 6.07) is 3.69. The number of ether oxygens (including phenoxy) is 1. The minimum atomic E-state index is -0.391. The number of cyclic esters (lactones) is 1. The van der Waals surface area contributed by atoms with Gasteiger partial charge in [-0.3, -0.25) is 0 Å². The van der Waals surface area contributed by atoms with E-state index < -0.39 is 6.09 Å². The summed E-state index contributed by atoms with van der Waals surface area (Å²) in [5.74, 6) is 0.288. The summed E-state index contributed by atoms with van der Waals surface area (Å²) in [6.45, 7) is 4.48. The first-order valence-electron chi connectivity index (χ1n) is 5.42. The van der Waals surface area contributed by atoms with Gasteiger partial charge >= 0.3 is 6.09 Å². The molecule has 4 nitrogen and oxygen atoms in total. The summed E-state index contributed by atoms with van der Waals surface area (Å²) in [7, 11) is 0. The van der Waals surface area contributed by atoms with Gasteiger partial charge in [0.2, 0.25) is 0 Å². The van der Waals surface area contributed by atoms with Crippen molar-refractivity contribution in [2.75, 3.05) is 6.61 Å². The predicted molar refractivity (Wildman–Crippen MR) is 91.8 cm³/mol. The van der Waals surface area contributed by atoms with Gasteiger partial charge in [0.05, 0.1) is 13.2 Å². The molecular formula is C12H14ClI2NO3. The number of phenols is 1. The Labute approximate surface area is 145 Å². The lowest BCUT2D eigenvalue weighted by atomic mass is 9.80. The summed E-state index contributed by atoms with van der Waals surface area (Å²) in [6.07, 6.45) is -0.391. The van der Waals surface area contributed by atoms with Gasteiger partial charge in [0, 0.05) is 5.41 Å². The van der Waals surface area contributed by atoms with Crippen LogP contribution in [0.1, 0.15) is 25.5 Å². The molecular weight excluding hydrogens is 495 g/mol. The lowest BCUT2D eigenvalue weighted by molar-refractivity contribution is 0.0387. The largest absolute Gasteiger partial charge is 0.506 e. The fourth-order valence-electron chi connectivity index (χ4n) is 1.98. The lowest BCUT2D eigenvalue weighted by Crippen LogP contribution is -2.46. The molecule has 0 aromatic heterocycles. The van der Waals surface area contributed by atoms with E-state index in [4.69, 9.17) is 4.74 Å². The number of carbonyl (C=O) groups is 1. The second-order valence-corrected chi connectivity index (χ2v) is 7.30. The van der Waals surface area contributed by atoms with Crippen LogP contribution >= 0.6 is 57.6 Å². The molecule has 1 saturated heterocycles. The summed E-state index contributed by atoms with van der Waals surface area (Å²) in [4.78, 5) is 11.4. The molecule has 1 fully saturated rings. The number of halogens is 3. The molecule has 1 aliphatic heterocycles. The number of amides is 1. The normalized spacial score (nSPS) is 21.1. The maximum absolute atomic E-state index is 11.4. The minimum absolute atomic E-state index is 0. The topological polar surface area (TPSA) is 58.6 Å². The Kier molecular flexibility index (Phi) is 5.59. The van der Waals surface area contributed by atoms with Crippen LogP contribution in [0.25, 0.3) is 0 Å². The summed E-state index contributed by atoms with van der Waals surface area (Å²) >= 11 is 4.18. The fourth-order valence-corrected chi connectivity index (χ4v) is 3.79. The Morgan fingerprint density at radius 3 is 2.42 bits per heavy atom. The van der Waals surface area contributed by atoms with E-state index in [1.54, 1.807) is 0 Å². The van der Waals surface area contributed by atoms with E-state index in [1.807, 2.05) is 26.0 Å². The highest BCUT2D eigenvalue weighted by molar-refractivity contribution is 14.1. The highest BCUT2D eigenvalue weighted by Crippen LogP contribution is 2.39. The van der Waals surface area contributed by atoms with E-state index in [0.29, 0.717) is 6.61 Å². The van der Waals surface area contributed by atoms with Crippen molar-refractivity contribution >= 4 is 63.7 Å². The summed E-state index contributed by atoms with van der Waals surface area (Å²) in [5.41, 5.74) is 0.806. The third-order valence-corrected chi connectivity index (χ3v) is 4.64. The van der Waals surface area contributed by atoms with Crippen LogP contribution < -0.4 is 5.32 Å². The number of phenolic OH excluding ortho intramolecular Hbond substituents is 1. The Bertz CT molecular complexity index is 485. The molecule has 0 radical (unpaired) electrons. The third kappa shape index (κ3) is 3.57. The highest BCUT2D eigenvalue weighted by atomic mass is 127. The van der Waals surface area contributed by atoms with E-state index in [-0.39, 0.29) is 29.6 Å². The van der Waals surface area contributed by atoms with Gasteiger partial charge in [0.1, 0.15) is 12.4 Å². The SMILES string of the molecule is CC1(C)COC(=O)N[C@@H]1c1cc(I)c(O)c(I)c1.Cl. The average molecular weight is 510 g/mol. The quantitative estimate of drug-likeness (QED) is 0.566. The smallest absolute Gasteiger partial charge is 0.407 e. The van der Waals surface area contributed by atoms with Crippen molar-refractivity contribution in [2.45, 2.75) is 19.9 Å². The first-order valence-corrected chi connectivity index (χ1v) is 7.58. The van der Waals surface area contributed by atoms with Crippen molar-refractivity contribution in [3.8, 4) is 5.75 Å². The monoisotopic (exact) mass is 509 g/mol. The number of hydrogen-bond acceptors (Lipinski definition) is 3. The van der Waals surface area contributed by atoms with Gasteiger partial charge < -0.3 is 15.2 Å². The Hall–Kier alpha value is 0.0400. The molecule has 0 aliphatic carbocycles. The number of hydrogen-bond donors (Lipinski definition) is 2. The molecule has 1 amide bonds. The lowest BCUT2D eigenvalue weighted by Gasteiger charge is -2.38. The van der Waals surface area contributed by atoms with Gasteiger partial charge in [-0.15, -0.1) is 12.4 Å². The van der Waals surface area contributed by atoms with Crippen molar-refractivity contribution in [1.29, 1.82) is 0 Å². The van der Waals surface area contributed by atoms with Gasteiger partial charge in [-0.25, -0.2) is 4.79 Å². The molecule has 19 heavy (non-hydrogen) atoms. The number of alkyl carbamates (subject to hydrolysis) is 1. The van der Waals surface area contributed by atoms with Crippen LogP contribution in [0.15, 0.2) is 12.1 Å². The van der Waals surface area contributed by atoms with Crippen molar-refractivity contribution in [2.24, 2.45) is 5.41 Å². The van der Waals surface area contributed by atoms with E-state index in [2.05, 4.69) is 50.5 Å². The third-order valence-electron chi connectivity index (χ3n) is 2.99. The van der Waals surface area contributed by atoms with Crippen molar-refractivity contribution in [1.82, 2.24) is 5.32 Å². The first kappa shape index (κ1) is 17.1. The standard InChI is InChI=1S/C12H13I2NO3.ClH/c1-12(2)5-18-11(17)15-10(12)6-3-7(13)9(16)8(14)4-6;/h3-4,10,16H,5H2,1-2H3,(H,15,17);1H/t10-;/m1./s1. The second-order valence-electron chi connectivity index (χ2n) is 4.98. The molecule has 1 aromatic carbocycles. The van der Waals surface area contributed by atoms with Crippen LogP contribution in [0.3, 0.4) is 0 Å². The molecule has 1 heterocycles. The zero-order valence-corrected chi connectivity index (χ0v) is 15.5. The van der Waals surface area contributed by atoms with Crippen LogP contribution in [0.2, 0.25) is 0 Å². The van der Waals surface area contributed by atoms with Crippen LogP contribution in [0, 0.1) is 12.6 Å². The first-order chi connectivity index (χ1) is 8.31. The molecule has 0 spiro atoms. The number of rotatable bonds is 1. The fraction of sp³-hybridized carbons (Fsp3) is 0.417. The van der Waals surface area contributed by atoms with Gasteiger partial charge in [-0.05, 0) is 62.9 Å². The van der Waals surface area contributed by atoms with Gasteiger partial charge in [-0.2, -0.15) is 0 Å². The summed E-state index contributed by atoms with van der Waals surface area (Å²) in [5, 5.41) is 12.6.